The molecule has 4 heteroatoms. The number of anilines is 1. The number of carbonyl (C=O) groups excluding carboxylic acids is 1. The molecule has 0 saturated carbocycles. The minimum Gasteiger partial charge on any atom is -0.326 e. The lowest BCUT2D eigenvalue weighted by Crippen LogP contribution is -2.28. The lowest BCUT2D eigenvalue weighted by molar-refractivity contribution is -0.116. The lowest BCUT2D eigenvalue weighted by Gasteiger charge is -2.18. The minimum atomic E-state index is 0.0590. The van der Waals surface area contributed by atoms with E-state index in [4.69, 9.17) is 5.73 Å². The van der Waals surface area contributed by atoms with Crippen LogP contribution in [0.25, 0.3) is 0 Å². The van der Waals surface area contributed by atoms with Gasteiger partial charge in [0.2, 0.25) is 5.91 Å². The van der Waals surface area contributed by atoms with Crippen LogP contribution < -0.4 is 11.1 Å². The molecule has 0 radical (unpaired) electrons. The van der Waals surface area contributed by atoms with Crippen LogP contribution >= 0.6 is 0 Å². The van der Waals surface area contributed by atoms with Crippen molar-refractivity contribution in [2.45, 2.75) is 33.2 Å². The molecule has 0 aromatic heterocycles. The van der Waals surface area contributed by atoms with Gasteiger partial charge in [-0.05, 0) is 37.2 Å². The molecule has 0 spiro atoms. The first-order valence-corrected chi connectivity index (χ1v) is 7.00. The molecule has 106 valence electrons. The Morgan fingerprint density at radius 3 is 2.74 bits per heavy atom. The monoisotopic (exact) mass is 263 g/mol. The van der Waals surface area contributed by atoms with Crippen LogP contribution in [0.4, 0.5) is 5.69 Å². The van der Waals surface area contributed by atoms with Crippen molar-refractivity contribution in [2.24, 2.45) is 5.73 Å². The standard InChI is InChI=1S/C15H25N3O/c1-3-9-18(4-2)10-8-15(19)17-14-7-5-6-13(11-14)12-16/h5-7,11H,3-4,8-10,12,16H2,1-2H3,(H,17,19). The number of nitrogens with one attached hydrogen (secondary N) is 1. The second kappa shape index (κ2) is 8.67. The van der Waals surface area contributed by atoms with Crippen molar-refractivity contribution in [3.05, 3.63) is 29.8 Å². The number of amides is 1. The van der Waals surface area contributed by atoms with E-state index in [1.807, 2.05) is 24.3 Å². The van der Waals surface area contributed by atoms with E-state index >= 15 is 0 Å². The fourth-order valence-corrected chi connectivity index (χ4v) is 2.00. The predicted molar refractivity (Wildman–Crippen MR) is 80.0 cm³/mol. The average molecular weight is 263 g/mol. The first kappa shape index (κ1) is 15.7. The number of nitrogens with zero attached hydrogens (tertiary/aromatic N) is 1. The third kappa shape index (κ3) is 5.85. The van der Waals surface area contributed by atoms with Gasteiger partial charge in [-0.3, -0.25) is 4.79 Å². The van der Waals surface area contributed by atoms with Crippen molar-refractivity contribution >= 4 is 11.6 Å². The van der Waals surface area contributed by atoms with Gasteiger partial charge in [0, 0.05) is 25.2 Å². The highest BCUT2D eigenvalue weighted by molar-refractivity contribution is 5.90. The lowest BCUT2D eigenvalue weighted by atomic mass is 10.2. The maximum Gasteiger partial charge on any atom is 0.225 e. The highest BCUT2D eigenvalue weighted by Crippen LogP contribution is 2.10. The van der Waals surface area contributed by atoms with Gasteiger partial charge in [-0.1, -0.05) is 26.0 Å². The van der Waals surface area contributed by atoms with Gasteiger partial charge in [-0.15, -0.1) is 0 Å². The SMILES string of the molecule is CCCN(CC)CCC(=O)Nc1cccc(CN)c1. The number of nitrogens with two attached hydrogens (primary N) is 1. The van der Waals surface area contributed by atoms with Crippen LogP contribution in [0.3, 0.4) is 0 Å². The van der Waals surface area contributed by atoms with Gasteiger partial charge in [-0.2, -0.15) is 0 Å². The summed E-state index contributed by atoms with van der Waals surface area (Å²) in [6, 6.07) is 7.67. The third-order valence-electron chi connectivity index (χ3n) is 3.09. The van der Waals surface area contributed by atoms with Crippen LogP contribution in [0, 0.1) is 0 Å². The molecule has 1 rings (SSSR count). The summed E-state index contributed by atoms with van der Waals surface area (Å²) in [7, 11) is 0. The van der Waals surface area contributed by atoms with Gasteiger partial charge in [0.15, 0.2) is 0 Å². The van der Waals surface area contributed by atoms with E-state index in [2.05, 4.69) is 24.1 Å². The zero-order valence-electron chi connectivity index (χ0n) is 12.0. The highest BCUT2D eigenvalue weighted by atomic mass is 16.1. The fourth-order valence-electron chi connectivity index (χ4n) is 2.00. The molecular weight excluding hydrogens is 238 g/mol. The molecule has 0 fully saturated rings. The van der Waals surface area contributed by atoms with E-state index in [1.165, 1.54) is 0 Å². The van der Waals surface area contributed by atoms with Crippen LogP contribution in [0.1, 0.15) is 32.3 Å². The number of benzene rings is 1. The van der Waals surface area contributed by atoms with Crippen molar-refractivity contribution in [1.82, 2.24) is 4.90 Å². The summed E-state index contributed by atoms with van der Waals surface area (Å²) in [6.45, 7) is 7.62. The van der Waals surface area contributed by atoms with Gasteiger partial charge >= 0.3 is 0 Å². The molecule has 1 amide bonds. The third-order valence-corrected chi connectivity index (χ3v) is 3.09. The summed E-state index contributed by atoms with van der Waals surface area (Å²) in [4.78, 5) is 14.2. The zero-order valence-corrected chi connectivity index (χ0v) is 12.0. The summed E-state index contributed by atoms with van der Waals surface area (Å²) < 4.78 is 0. The first-order valence-electron chi connectivity index (χ1n) is 7.00. The quantitative estimate of drug-likeness (QED) is 0.756. The van der Waals surface area contributed by atoms with Gasteiger partial charge in [0.1, 0.15) is 0 Å². The fraction of sp³-hybridized carbons (Fsp3) is 0.533. The van der Waals surface area contributed by atoms with Crippen molar-refractivity contribution in [3.63, 3.8) is 0 Å². The van der Waals surface area contributed by atoms with E-state index in [0.717, 1.165) is 37.3 Å². The topological polar surface area (TPSA) is 58.4 Å². The van der Waals surface area contributed by atoms with Gasteiger partial charge in [0.05, 0.1) is 0 Å². The molecule has 0 atom stereocenters. The maximum atomic E-state index is 11.9. The van der Waals surface area contributed by atoms with Crippen molar-refractivity contribution in [2.75, 3.05) is 25.0 Å². The largest absolute Gasteiger partial charge is 0.326 e. The van der Waals surface area contributed by atoms with Crippen LogP contribution in [0.2, 0.25) is 0 Å². The predicted octanol–water partition coefficient (Wildman–Crippen LogP) is 2.21. The Morgan fingerprint density at radius 1 is 1.32 bits per heavy atom. The molecule has 19 heavy (non-hydrogen) atoms. The maximum absolute atomic E-state index is 11.9. The number of carbonyl (C=O) groups is 1. The van der Waals surface area contributed by atoms with Crippen molar-refractivity contribution < 1.29 is 4.79 Å². The average Bonchev–Trinajstić information content (AvgIpc) is 2.43. The van der Waals surface area contributed by atoms with E-state index in [9.17, 15) is 4.79 Å². The van der Waals surface area contributed by atoms with Crippen molar-refractivity contribution in [3.8, 4) is 0 Å². The Hall–Kier alpha value is -1.39. The molecular formula is C15H25N3O. The molecule has 1 aromatic rings. The molecule has 0 aliphatic carbocycles. The Balaban J connectivity index is 2.41. The van der Waals surface area contributed by atoms with Crippen LogP contribution in [0.5, 0.6) is 0 Å². The molecule has 0 aliphatic rings. The normalized spacial score (nSPS) is 10.7. The summed E-state index contributed by atoms with van der Waals surface area (Å²) in [5.41, 5.74) is 7.43. The van der Waals surface area contributed by atoms with E-state index in [0.29, 0.717) is 13.0 Å². The second-order valence-corrected chi connectivity index (χ2v) is 4.64. The first-order chi connectivity index (χ1) is 9.19. The summed E-state index contributed by atoms with van der Waals surface area (Å²) in [6.07, 6.45) is 1.65. The molecule has 1 aromatic carbocycles. The molecule has 3 N–H and O–H groups in total. The number of rotatable bonds is 8. The molecule has 0 unspecified atom stereocenters. The second-order valence-electron chi connectivity index (χ2n) is 4.64. The van der Waals surface area contributed by atoms with E-state index in [-0.39, 0.29) is 5.91 Å². The summed E-state index contributed by atoms with van der Waals surface area (Å²) >= 11 is 0. The van der Waals surface area contributed by atoms with Crippen molar-refractivity contribution in [1.29, 1.82) is 0 Å². The van der Waals surface area contributed by atoms with Crippen LogP contribution in [-0.2, 0) is 11.3 Å². The smallest absolute Gasteiger partial charge is 0.225 e. The van der Waals surface area contributed by atoms with Gasteiger partial charge in [0.25, 0.3) is 0 Å². The highest BCUT2D eigenvalue weighted by Gasteiger charge is 2.06. The number of hydrogen-bond acceptors (Lipinski definition) is 3. The Morgan fingerprint density at radius 2 is 2.11 bits per heavy atom. The van der Waals surface area contributed by atoms with Gasteiger partial charge < -0.3 is 16.0 Å². The molecule has 0 saturated heterocycles. The Kier molecular flexibility index (Phi) is 7.15. The van der Waals surface area contributed by atoms with E-state index < -0.39 is 0 Å². The van der Waals surface area contributed by atoms with Crippen LogP contribution in [0.15, 0.2) is 24.3 Å². The molecule has 4 nitrogen and oxygen atoms in total. The van der Waals surface area contributed by atoms with E-state index in [1.54, 1.807) is 0 Å². The summed E-state index contributed by atoms with van der Waals surface area (Å²) in [5, 5.41) is 2.92. The minimum absolute atomic E-state index is 0.0590. The van der Waals surface area contributed by atoms with Gasteiger partial charge in [-0.25, -0.2) is 0 Å². The number of hydrogen-bond donors (Lipinski definition) is 2. The Bertz CT molecular complexity index is 393. The molecule has 0 bridgehead atoms. The van der Waals surface area contributed by atoms with Crippen LogP contribution in [-0.4, -0.2) is 30.4 Å². The zero-order chi connectivity index (χ0) is 14.1. The summed E-state index contributed by atoms with van der Waals surface area (Å²) in [5.74, 6) is 0.0590. The molecule has 0 aliphatic heterocycles. The Labute approximate surface area is 116 Å². The molecule has 0 heterocycles.